The zero-order chi connectivity index (χ0) is 16.2. The zero-order valence-electron chi connectivity index (χ0n) is 12.5. The van der Waals surface area contributed by atoms with Gasteiger partial charge >= 0.3 is 5.97 Å². The molecule has 1 N–H and O–H groups in total. The fourth-order valence-corrected chi connectivity index (χ4v) is 2.90. The lowest BCUT2D eigenvalue weighted by Gasteiger charge is -2.04. The number of carbonyl (C=O) groups excluding carboxylic acids is 1. The molecular weight excluding hydrogens is 314 g/mol. The lowest BCUT2D eigenvalue weighted by atomic mass is 10.1. The van der Waals surface area contributed by atoms with Crippen molar-refractivity contribution < 1.29 is 9.53 Å². The minimum atomic E-state index is -0.323. The van der Waals surface area contributed by atoms with E-state index in [9.17, 15) is 9.59 Å². The minimum Gasteiger partial charge on any atom is -0.462 e. The monoisotopic (exact) mass is 329 g/mol. The van der Waals surface area contributed by atoms with Crippen LogP contribution in [0.2, 0.25) is 0 Å². The largest absolute Gasteiger partial charge is 0.462 e. The Kier molecular flexibility index (Phi) is 4.47. The van der Waals surface area contributed by atoms with Crippen molar-refractivity contribution in [2.24, 2.45) is 0 Å². The van der Waals surface area contributed by atoms with E-state index >= 15 is 0 Å². The molecule has 0 aliphatic rings. The van der Waals surface area contributed by atoms with Crippen LogP contribution in [0.15, 0.2) is 52.5 Å². The standard InChI is InChI=1S/C16H15N3O3S/c1-2-22-15(21)12-7-5-11(6-8-12)10-23-16-17-14(20)13-4-3-9-19(13)18-16/h3-9H,2,10H2,1H3,(H,17,18,20). The third-order valence-electron chi connectivity index (χ3n) is 3.22. The lowest BCUT2D eigenvalue weighted by molar-refractivity contribution is 0.0526. The molecule has 0 saturated carbocycles. The molecule has 3 aromatic rings. The number of fused-ring (bicyclic) bond motifs is 1. The zero-order valence-corrected chi connectivity index (χ0v) is 13.3. The van der Waals surface area contributed by atoms with Crippen LogP contribution in [-0.2, 0) is 10.5 Å². The van der Waals surface area contributed by atoms with E-state index in [-0.39, 0.29) is 11.5 Å². The number of hydrogen-bond donors (Lipinski definition) is 1. The molecule has 2 heterocycles. The van der Waals surface area contributed by atoms with Crippen molar-refractivity contribution in [2.75, 3.05) is 6.61 Å². The van der Waals surface area contributed by atoms with Crippen molar-refractivity contribution in [1.82, 2.24) is 14.6 Å². The summed E-state index contributed by atoms with van der Waals surface area (Å²) in [4.78, 5) is 26.2. The van der Waals surface area contributed by atoms with Crippen LogP contribution in [0, 0.1) is 0 Å². The molecule has 0 saturated heterocycles. The maximum absolute atomic E-state index is 11.9. The maximum Gasteiger partial charge on any atom is 0.338 e. The molecule has 1 aromatic carbocycles. The van der Waals surface area contributed by atoms with Gasteiger partial charge in [0.25, 0.3) is 5.56 Å². The highest BCUT2D eigenvalue weighted by Gasteiger charge is 2.07. The lowest BCUT2D eigenvalue weighted by Crippen LogP contribution is -2.12. The van der Waals surface area contributed by atoms with Gasteiger partial charge in [0.2, 0.25) is 0 Å². The highest BCUT2D eigenvalue weighted by Crippen LogP contribution is 2.18. The van der Waals surface area contributed by atoms with Crippen molar-refractivity contribution in [3.05, 3.63) is 64.1 Å². The van der Waals surface area contributed by atoms with Crippen molar-refractivity contribution in [3.63, 3.8) is 0 Å². The first kappa shape index (κ1) is 15.4. The second-order valence-electron chi connectivity index (χ2n) is 4.80. The predicted molar refractivity (Wildman–Crippen MR) is 87.8 cm³/mol. The Morgan fingerprint density at radius 3 is 2.83 bits per heavy atom. The number of aromatic nitrogens is 3. The normalized spacial score (nSPS) is 10.8. The molecule has 3 rings (SSSR count). The third kappa shape index (κ3) is 3.45. The summed E-state index contributed by atoms with van der Waals surface area (Å²) in [6.45, 7) is 2.13. The van der Waals surface area contributed by atoms with Crippen LogP contribution < -0.4 is 5.56 Å². The smallest absolute Gasteiger partial charge is 0.338 e. The highest BCUT2D eigenvalue weighted by molar-refractivity contribution is 7.98. The van der Waals surface area contributed by atoms with E-state index in [1.54, 1.807) is 41.9 Å². The number of thioether (sulfide) groups is 1. The van der Waals surface area contributed by atoms with Gasteiger partial charge < -0.3 is 4.74 Å². The summed E-state index contributed by atoms with van der Waals surface area (Å²) in [5.74, 6) is 0.314. The van der Waals surface area contributed by atoms with Gasteiger partial charge in [0, 0.05) is 11.9 Å². The van der Waals surface area contributed by atoms with Gasteiger partial charge in [0.1, 0.15) is 5.52 Å². The summed E-state index contributed by atoms with van der Waals surface area (Å²) in [5.41, 5.74) is 1.91. The minimum absolute atomic E-state index is 0.162. The summed E-state index contributed by atoms with van der Waals surface area (Å²) in [7, 11) is 0. The van der Waals surface area contributed by atoms with Crippen molar-refractivity contribution in [1.29, 1.82) is 0 Å². The van der Waals surface area contributed by atoms with Crippen LogP contribution in [0.1, 0.15) is 22.8 Å². The van der Waals surface area contributed by atoms with E-state index in [1.165, 1.54) is 11.8 Å². The molecule has 2 aromatic heterocycles. The van der Waals surface area contributed by atoms with Gasteiger partial charge in [0.15, 0.2) is 5.16 Å². The second-order valence-corrected chi connectivity index (χ2v) is 5.77. The number of carbonyl (C=O) groups is 1. The third-order valence-corrected chi connectivity index (χ3v) is 4.16. The number of nitrogens with one attached hydrogen (secondary N) is 1. The first-order chi connectivity index (χ1) is 11.2. The summed E-state index contributed by atoms with van der Waals surface area (Å²) in [6.07, 6.45) is 1.74. The number of benzene rings is 1. The molecular formula is C16H15N3O3S. The summed E-state index contributed by atoms with van der Waals surface area (Å²) >= 11 is 1.43. The summed E-state index contributed by atoms with van der Waals surface area (Å²) < 4.78 is 6.51. The Labute approximate surface area is 136 Å². The molecule has 6 nitrogen and oxygen atoms in total. The van der Waals surface area contributed by atoms with E-state index in [0.29, 0.717) is 28.6 Å². The highest BCUT2D eigenvalue weighted by atomic mass is 32.2. The number of H-pyrrole nitrogens is 1. The molecule has 0 unspecified atom stereocenters. The summed E-state index contributed by atoms with van der Waals surface area (Å²) in [6, 6.07) is 10.7. The molecule has 0 bridgehead atoms. The SMILES string of the molecule is CCOC(=O)c1ccc(CSc2nn3cccc3c(=O)[nH]2)cc1. The number of esters is 1. The van der Waals surface area contributed by atoms with Crippen LogP contribution in [0.5, 0.6) is 0 Å². The van der Waals surface area contributed by atoms with Crippen LogP contribution in [0.4, 0.5) is 0 Å². The molecule has 0 atom stereocenters. The predicted octanol–water partition coefficient (Wildman–Crippen LogP) is 2.49. The van der Waals surface area contributed by atoms with Gasteiger partial charge in [-0.25, -0.2) is 9.31 Å². The average molecular weight is 329 g/mol. The van der Waals surface area contributed by atoms with Gasteiger partial charge in [-0.05, 0) is 36.8 Å². The van der Waals surface area contributed by atoms with E-state index in [0.717, 1.165) is 5.56 Å². The number of aromatic amines is 1. The van der Waals surface area contributed by atoms with Crippen LogP contribution in [0.3, 0.4) is 0 Å². The average Bonchev–Trinajstić information content (AvgIpc) is 3.03. The Balaban J connectivity index is 1.69. The molecule has 0 radical (unpaired) electrons. The number of ether oxygens (including phenoxy) is 1. The van der Waals surface area contributed by atoms with Crippen LogP contribution in [0.25, 0.3) is 5.52 Å². The molecule has 7 heteroatoms. The second kappa shape index (κ2) is 6.70. The van der Waals surface area contributed by atoms with E-state index in [1.807, 2.05) is 12.1 Å². The maximum atomic E-state index is 11.9. The Morgan fingerprint density at radius 2 is 2.09 bits per heavy atom. The number of hydrogen-bond acceptors (Lipinski definition) is 5. The fraction of sp³-hybridized carbons (Fsp3) is 0.188. The van der Waals surface area contributed by atoms with Gasteiger partial charge in [-0.3, -0.25) is 9.78 Å². The van der Waals surface area contributed by atoms with Crippen molar-refractivity contribution in [2.45, 2.75) is 17.8 Å². The summed E-state index contributed by atoms with van der Waals surface area (Å²) in [5, 5.41) is 4.88. The van der Waals surface area contributed by atoms with Gasteiger partial charge in [-0.1, -0.05) is 23.9 Å². The van der Waals surface area contributed by atoms with Gasteiger partial charge in [-0.15, -0.1) is 5.10 Å². The molecule has 118 valence electrons. The Morgan fingerprint density at radius 1 is 1.30 bits per heavy atom. The first-order valence-corrected chi connectivity index (χ1v) is 8.12. The first-order valence-electron chi connectivity index (χ1n) is 7.14. The van der Waals surface area contributed by atoms with Crippen molar-refractivity contribution in [3.8, 4) is 0 Å². The molecule has 0 aliphatic carbocycles. The topological polar surface area (TPSA) is 76.5 Å². The van der Waals surface area contributed by atoms with E-state index < -0.39 is 0 Å². The number of rotatable bonds is 5. The van der Waals surface area contributed by atoms with Crippen molar-refractivity contribution >= 4 is 23.2 Å². The Bertz CT molecular complexity index is 883. The molecule has 0 fully saturated rings. The van der Waals surface area contributed by atoms with Gasteiger partial charge in [-0.2, -0.15) is 0 Å². The van der Waals surface area contributed by atoms with E-state index in [2.05, 4.69) is 10.1 Å². The number of nitrogens with zero attached hydrogens (tertiary/aromatic N) is 2. The van der Waals surface area contributed by atoms with E-state index in [4.69, 9.17) is 4.74 Å². The molecule has 0 aliphatic heterocycles. The molecule has 23 heavy (non-hydrogen) atoms. The van der Waals surface area contributed by atoms with Crippen LogP contribution >= 0.6 is 11.8 Å². The van der Waals surface area contributed by atoms with Gasteiger partial charge in [0.05, 0.1) is 12.2 Å². The quantitative estimate of drug-likeness (QED) is 0.575. The Hall–Kier alpha value is -2.54. The molecule has 0 spiro atoms. The fourth-order valence-electron chi connectivity index (χ4n) is 2.09. The van der Waals surface area contributed by atoms with Crippen LogP contribution in [-0.4, -0.2) is 27.2 Å². The molecule has 0 amide bonds.